The number of rotatable bonds is 6. The van der Waals surface area contributed by atoms with Crippen molar-refractivity contribution in [1.29, 1.82) is 0 Å². The first kappa shape index (κ1) is 18.7. The Bertz CT molecular complexity index is 681. The third-order valence-corrected chi connectivity index (χ3v) is 4.45. The maximum atomic E-state index is 12.1. The molecule has 0 aromatic heterocycles. The van der Waals surface area contributed by atoms with Crippen molar-refractivity contribution in [3.05, 3.63) is 35.9 Å². The van der Waals surface area contributed by atoms with Crippen LogP contribution in [0.3, 0.4) is 0 Å². The van der Waals surface area contributed by atoms with Gasteiger partial charge >= 0.3 is 5.97 Å². The number of carbonyl (C=O) groups is 3. The van der Waals surface area contributed by atoms with Crippen LogP contribution in [0, 0.1) is 0 Å². The Labute approximate surface area is 147 Å². The number of nitrogens with one attached hydrogen (secondary N) is 1. The average Bonchev–Trinajstić information content (AvgIpc) is 3.05. The Balaban J connectivity index is 2.00. The molecule has 6 nitrogen and oxygen atoms in total. The molecule has 2 amide bonds. The van der Waals surface area contributed by atoms with E-state index >= 15 is 0 Å². The smallest absolute Gasteiger partial charge is 0.331 e. The van der Waals surface area contributed by atoms with E-state index in [4.69, 9.17) is 4.74 Å². The van der Waals surface area contributed by atoms with Crippen molar-refractivity contribution in [3.8, 4) is 0 Å². The molecule has 1 aromatic rings. The highest BCUT2D eigenvalue weighted by molar-refractivity contribution is 5.97. The van der Waals surface area contributed by atoms with Crippen LogP contribution < -0.4 is 10.2 Å². The minimum Gasteiger partial charge on any atom is -0.467 e. The molecule has 25 heavy (non-hydrogen) atoms. The molecule has 1 aromatic carbocycles. The Kier molecular flexibility index (Phi) is 5.96. The summed E-state index contributed by atoms with van der Waals surface area (Å²) in [5, 5.41) is 2.67. The van der Waals surface area contributed by atoms with E-state index in [9.17, 15) is 14.4 Å². The lowest BCUT2D eigenvalue weighted by atomic mass is 9.99. The number of ether oxygens (including phenoxy) is 1. The van der Waals surface area contributed by atoms with E-state index in [0.717, 1.165) is 24.2 Å². The highest BCUT2D eigenvalue weighted by Gasteiger charge is 2.33. The minimum atomic E-state index is -1.05. The number of nitrogens with zero attached hydrogens (tertiary/aromatic N) is 1. The predicted molar refractivity (Wildman–Crippen MR) is 95.9 cm³/mol. The van der Waals surface area contributed by atoms with Gasteiger partial charge in [0.2, 0.25) is 11.8 Å². The van der Waals surface area contributed by atoms with Crippen molar-refractivity contribution < 1.29 is 19.1 Å². The zero-order chi connectivity index (χ0) is 18.4. The lowest BCUT2D eigenvalue weighted by Crippen LogP contribution is -2.51. The van der Waals surface area contributed by atoms with E-state index < -0.39 is 11.5 Å². The van der Waals surface area contributed by atoms with Gasteiger partial charge in [-0.05, 0) is 43.5 Å². The zero-order valence-electron chi connectivity index (χ0n) is 14.9. The largest absolute Gasteiger partial charge is 0.467 e. The second kappa shape index (κ2) is 7.96. The number of carbonyl (C=O) groups excluding carboxylic acids is 3. The van der Waals surface area contributed by atoms with E-state index in [2.05, 4.69) is 5.32 Å². The van der Waals surface area contributed by atoms with Gasteiger partial charge in [-0.2, -0.15) is 0 Å². The highest BCUT2D eigenvalue weighted by atomic mass is 16.5. The topological polar surface area (TPSA) is 75.7 Å². The van der Waals surface area contributed by atoms with Crippen molar-refractivity contribution in [2.45, 2.75) is 38.6 Å². The Hall–Kier alpha value is -2.63. The van der Waals surface area contributed by atoms with Gasteiger partial charge in [-0.1, -0.05) is 19.1 Å². The van der Waals surface area contributed by atoms with Crippen LogP contribution in [0.15, 0.2) is 30.3 Å². The number of amides is 2. The number of hydrogen-bond donors (Lipinski definition) is 1. The molecule has 1 N–H and O–H groups in total. The first-order valence-electron chi connectivity index (χ1n) is 8.38. The molecule has 1 saturated heterocycles. The van der Waals surface area contributed by atoms with E-state index in [0.29, 0.717) is 12.8 Å². The van der Waals surface area contributed by atoms with Crippen molar-refractivity contribution >= 4 is 29.5 Å². The average molecular weight is 344 g/mol. The van der Waals surface area contributed by atoms with Gasteiger partial charge in [0.05, 0.1) is 7.11 Å². The molecule has 0 aliphatic carbocycles. The minimum absolute atomic E-state index is 0.143. The second-order valence-corrected chi connectivity index (χ2v) is 6.24. The summed E-state index contributed by atoms with van der Waals surface area (Å²) in [5.74, 6) is -0.700. The van der Waals surface area contributed by atoms with Crippen LogP contribution in [-0.4, -0.2) is 37.0 Å². The lowest BCUT2D eigenvalue weighted by Gasteiger charge is -2.25. The molecule has 134 valence electrons. The Morgan fingerprint density at radius 3 is 2.52 bits per heavy atom. The van der Waals surface area contributed by atoms with E-state index in [1.165, 1.54) is 13.2 Å². The number of esters is 1. The molecule has 0 unspecified atom stereocenters. The molecular weight excluding hydrogens is 320 g/mol. The Morgan fingerprint density at radius 2 is 2.00 bits per heavy atom. The SMILES string of the molecule is CC[C@@](C)(NC(=O)/C=C/c1ccc(N2CCCC2=O)cc1)C(=O)OC. The number of benzene rings is 1. The van der Waals surface area contributed by atoms with Crippen LogP contribution in [0.1, 0.15) is 38.7 Å². The first-order valence-corrected chi connectivity index (χ1v) is 8.38. The third kappa shape index (κ3) is 4.47. The van der Waals surface area contributed by atoms with E-state index in [-0.39, 0.29) is 11.8 Å². The molecule has 6 heteroatoms. The van der Waals surface area contributed by atoms with Crippen molar-refractivity contribution in [2.75, 3.05) is 18.6 Å². The molecule has 0 bridgehead atoms. The first-order chi connectivity index (χ1) is 11.9. The fraction of sp³-hybridized carbons (Fsp3) is 0.421. The van der Waals surface area contributed by atoms with Gasteiger partial charge in [0, 0.05) is 24.7 Å². The van der Waals surface area contributed by atoms with Crippen LogP contribution in [0.25, 0.3) is 6.08 Å². The second-order valence-electron chi connectivity index (χ2n) is 6.24. The fourth-order valence-electron chi connectivity index (χ4n) is 2.68. The summed E-state index contributed by atoms with van der Waals surface area (Å²) in [6, 6.07) is 7.44. The summed E-state index contributed by atoms with van der Waals surface area (Å²) in [4.78, 5) is 37.3. The summed E-state index contributed by atoms with van der Waals surface area (Å²) in [6.45, 7) is 4.19. The van der Waals surface area contributed by atoms with Crippen molar-refractivity contribution in [1.82, 2.24) is 5.32 Å². The van der Waals surface area contributed by atoms with Gasteiger partial charge in [-0.25, -0.2) is 4.79 Å². The quantitative estimate of drug-likeness (QED) is 0.634. The molecule has 1 heterocycles. The van der Waals surface area contributed by atoms with E-state index in [1.807, 2.05) is 24.3 Å². The molecule has 1 fully saturated rings. The molecular formula is C19H24N2O4. The maximum Gasteiger partial charge on any atom is 0.331 e. The van der Waals surface area contributed by atoms with Gasteiger partial charge in [0.25, 0.3) is 0 Å². The number of anilines is 1. The molecule has 0 saturated carbocycles. The molecule has 1 aliphatic heterocycles. The fourth-order valence-corrected chi connectivity index (χ4v) is 2.68. The van der Waals surface area contributed by atoms with Gasteiger partial charge in [0.1, 0.15) is 5.54 Å². The van der Waals surface area contributed by atoms with Gasteiger partial charge in [0.15, 0.2) is 0 Å². The molecule has 1 aliphatic rings. The summed E-state index contributed by atoms with van der Waals surface area (Å²) in [7, 11) is 1.30. The van der Waals surface area contributed by atoms with Gasteiger partial charge in [-0.15, -0.1) is 0 Å². The van der Waals surface area contributed by atoms with Crippen LogP contribution in [0.5, 0.6) is 0 Å². The standard InChI is InChI=1S/C19H24N2O4/c1-4-19(2,18(24)25-3)20-16(22)12-9-14-7-10-15(11-8-14)21-13-5-6-17(21)23/h7-12H,4-6,13H2,1-3H3,(H,20,22)/b12-9+/t19-/m1/s1. The van der Waals surface area contributed by atoms with E-state index in [1.54, 1.807) is 24.8 Å². The normalized spacial score (nSPS) is 16.8. The monoisotopic (exact) mass is 344 g/mol. The molecule has 2 rings (SSSR count). The number of methoxy groups -OCH3 is 1. The van der Waals surface area contributed by atoms with Gasteiger partial charge in [-0.3, -0.25) is 9.59 Å². The third-order valence-electron chi connectivity index (χ3n) is 4.45. The maximum absolute atomic E-state index is 12.1. The number of hydrogen-bond acceptors (Lipinski definition) is 4. The van der Waals surface area contributed by atoms with Crippen LogP contribution in [-0.2, 0) is 19.1 Å². The molecule has 1 atom stereocenters. The summed E-state index contributed by atoms with van der Waals surface area (Å²) in [6.07, 6.45) is 4.96. The summed E-state index contributed by atoms with van der Waals surface area (Å²) in [5.41, 5.74) is 0.658. The molecule has 0 radical (unpaired) electrons. The molecule has 0 spiro atoms. The predicted octanol–water partition coefficient (Wildman–Crippen LogP) is 2.28. The van der Waals surface area contributed by atoms with Crippen LogP contribution in [0.4, 0.5) is 5.69 Å². The van der Waals surface area contributed by atoms with Crippen molar-refractivity contribution in [2.24, 2.45) is 0 Å². The van der Waals surface area contributed by atoms with Crippen molar-refractivity contribution in [3.63, 3.8) is 0 Å². The van der Waals surface area contributed by atoms with Crippen LogP contribution >= 0.6 is 0 Å². The highest BCUT2D eigenvalue weighted by Crippen LogP contribution is 2.22. The summed E-state index contributed by atoms with van der Waals surface area (Å²) < 4.78 is 4.73. The summed E-state index contributed by atoms with van der Waals surface area (Å²) >= 11 is 0. The zero-order valence-corrected chi connectivity index (χ0v) is 14.9. The van der Waals surface area contributed by atoms with Gasteiger partial charge < -0.3 is 15.0 Å². The lowest BCUT2D eigenvalue weighted by molar-refractivity contribution is -0.149. The van der Waals surface area contributed by atoms with Crippen LogP contribution in [0.2, 0.25) is 0 Å². The Morgan fingerprint density at radius 1 is 1.32 bits per heavy atom.